The van der Waals surface area contributed by atoms with Crippen molar-refractivity contribution in [2.24, 2.45) is 17.4 Å². The Hall–Kier alpha value is -3.55. The molecule has 2 atom stereocenters. The summed E-state index contributed by atoms with van der Waals surface area (Å²) < 4.78 is 33.8. The van der Waals surface area contributed by atoms with Gasteiger partial charge >= 0.3 is 0 Å². The van der Waals surface area contributed by atoms with Crippen LogP contribution >= 0.6 is 0 Å². The number of halogens is 2. The minimum Gasteiger partial charge on any atom is -0.421 e. The lowest BCUT2D eigenvalue weighted by Gasteiger charge is -2.29. The third-order valence-corrected chi connectivity index (χ3v) is 5.60. The first-order chi connectivity index (χ1) is 14.8. The van der Waals surface area contributed by atoms with E-state index in [0.717, 1.165) is 29.7 Å². The number of nitrogens with two attached hydrogens (primary N) is 2. The highest BCUT2D eigenvalue weighted by atomic mass is 19.1. The lowest BCUT2D eigenvalue weighted by atomic mass is 9.78. The second-order valence-corrected chi connectivity index (χ2v) is 7.73. The standard InChI is InChI=1S/C23H23F2N5O/c1-12-6-7-15(20-10-14(8-9-28-20)23-30-29-13(2)31-23)22(27)16(12)11-19(26)21-17(24)4-3-5-18(21)25/h3-5,8-12,15H,6-7,26-27H2,1-2H3/b19-11-. The maximum absolute atomic E-state index is 14.2. The smallest absolute Gasteiger partial charge is 0.247 e. The Morgan fingerprint density at radius 1 is 1.16 bits per heavy atom. The van der Waals surface area contributed by atoms with Crippen LogP contribution in [0.25, 0.3) is 17.2 Å². The zero-order valence-corrected chi connectivity index (χ0v) is 17.3. The minimum absolute atomic E-state index is 0.00379. The number of aromatic nitrogens is 3. The zero-order chi connectivity index (χ0) is 22.1. The van der Waals surface area contributed by atoms with Crippen molar-refractivity contribution < 1.29 is 13.2 Å². The van der Waals surface area contributed by atoms with Crippen molar-refractivity contribution in [1.29, 1.82) is 0 Å². The molecule has 0 fully saturated rings. The molecule has 160 valence electrons. The molecule has 3 aromatic rings. The van der Waals surface area contributed by atoms with Gasteiger partial charge in [0.25, 0.3) is 0 Å². The molecule has 4 rings (SSSR count). The molecule has 4 N–H and O–H groups in total. The number of benzene rings is 1. The van der Waals surface area contributed by atoms with Gasteiger partial charge in [-0.3, -0.25) is 4.98 Å². The fourth-order valence-corrected chi connectivity index (χ4v) is 3.94. The number of allylic oxidation sites excluding steroid dienone is 3. The zero-order valence-electron chi connectivity index (χ0n) is 17.3. The second kappa shape index (κ2) is 8.29. The van der Waals surface area contributed by atoms with E-state index in [4.69, 9.17) is 15.9 Å². The highest BCUT2D eigenvalue weighted by molar-refractivity contribution is 5.67. The molecule has 1 aliphatic carbocycles. The van der Waals surface area contributed by atoms with Gasteiger partial charge in [0.05, 0.1) is 11.3 Å². The molecule has 0 bridgehead atoms. The Morgan fingerprint density at radius 3 is 2.58 bits per heavy atom. The van der Waals surface area contributed by atoms with E-state index >= 15 is 0 Å². The van der Waals surface area contributed by atoms with E-state index in [2.05, 4.69) is 15.2 Å². The SMILES string of the molecule is Cc1nnc(-c2ccnc(C3CCC(C)C(/C=C(\N)c4c(F)cccc4F)=C3N)c2)o1. The maximum Gasteiger partial charge on any atom is 0.247 e. The van der Waals surface area contributed by atoms with Crippen molar-refractivity contribution in [2.45, 2.75) is 32.6 Å². The van der Waals surface area contributed by atoms with Crippen LogP contribution in [0.1, 0.15) is 42.8 Å². The molecular weight excluding hydrogens is 400 g/mol. The highest BCUT2D eigenvalue weighted by Gasteiger charge is 2.28. The van der Waals surface area contributed by atoms with Gasteiger partial charge < -0.3 is 15.9 Å². The van der Waals surface area contributed by atoms with Crippen molar-refractivity contribution in [3.05, 3.63) is 82.7 Å². The summed E-state index contributed by atoms with van der Waals surface area (Å²) in [6.45, 7) is 3.74. The summed E-state index contributed by atoms with van der Waals surface area (Å²) in [5.74, 6) is -0.611. The average Bonchev–Trinajstić information content (AvgIpc) is 3.17. The first-order valence-electron chi connectivity index (χ1n) is 10.0. The van der Waals surface area contributed by atoms with Crippen LogP contribution < -0.4 is 11.5 Å². The third kappa shape index (κ3) is 4.05. The lowest BCUT2D eigenvalue weighted by Crippen LogP contribution is -2.22. The molecule has 8 heteroatoms. The van der Waals surface area contributed by atoms with Gasteiger partial charge in [-0.1, -0.05) is 13.0 Å². The Kier molecular flexibility index (Phi) is 5.54. The molecule has 0 spiro atoms. The van der Waals surface area contributed by atoms with Crippen molar-refractivity contribution in [1.82, 2.24) is 15.2 Å². The van der Waals surface area contributed by atoms with Crippen LogP contribution in [0.2, 0.25) is 0 Å². The van der Waals surface area contributed by atoms with Crippen molar-refractivity contribution in [2.75, 3.05) is 0 Å². The molecule has 0 saturated carbocycles. The fraction of sp³-hybridized carbons (Fsp3) is 0.261. The summed E-state index contributed by atoms with van der Waals surface area (Å²) in [4.78, 5) is 4.49. The normalized spacial score (nSPS) is 19.7. The third-order valence-electron chi connectivity index (χ3n) is 5.60. The second-order valence-electron chi connectivity index (χ2n) is 7.73. The predicted molar refractivity (Wildman–Crippen MR) is 113 cm³/mol. The summed E-state index contributed by atoms with van der Waals surface area (Å²) in [7, 11) is 0. The molecule has 1 aromatic carbocycles. The summed E-state index contributed by atoms with van der Waals surface area (Å²) in [6, 6.07) is 7.33. The predicted octanol–water partition coefficient (Wildman–Crippen LogP) is 4.44. The van der Waals surface area contributed by atoms with E-state index in [-0.39, 0.29) is 23.1 Å². The molecule has 0 radical (unpaired) electrons. The minimum atomic E-state index is -0.711. The topological polar surface area (TPSA) is 104 Å². The van der Waals surface area contributed by atoms with Gasteiger partial charge in [0.1, 0.15) is 11.6 Å². The highest BCUT2D eigenvalue weighted by Crippen LogP contribution is 2.39. The Labute approximate surface area is 178 Å². The maximum atomic E-state index is 14.2. The van der Waals surface area contributed by atoms with Gasteiger partial charge in [-0.15, -0.1) is 10.2 Å². The Morgan fingerprint density at radius 2 is 1.90 bits per heavy atom. The van der Waals surface area contributed by atoms with Crippen LogP contribution in [0.4, 0.5) is 8.78 Å². The molecule has 1 aliphatic rings. The van der Waals surface area contributed by atoms with Crippen LogP contribution in [0.15, 0.2) is 58.3 Å². The van der Waals surface area contributed by atoms with Crippen LogP contribution in [0.3, 0.4) is 0 Å². The van der Waals surface area contributed by atoms with Crippen molar-refractivity contribution in [3.63, 3.8) is 0 Å². The summed E-state index contributed by atoms with van der Waals surface area (Å²) in [5.41, 5.74) is 15.3. The van der Waals surface area contributed by atoms with Gasteiger partial charge in [-0.2, -0.15) is 0 Å². The number of hydrogen-bond donors (Lipinski definition) is 2. The summed E-state index contributed by atoms with van der Waals surface area (Å²) >= 11 is 0. The van der Waals surface area contributed by atoms with Gasteiger partial charge in [0.15, 0.2) is 0 Å². The molecular formula is C23H23F2N5O. The summed E-state index contributed by atoms with van der Waals surface area (Å²) in [5, 5.41) is 7.92. The van der Waals surface area contributed by atoms with E-state index in [1.54, 1.807) is 25.3 Å². The molecule has 2 aromatic heterocycles. The van der Waals surface area contributed by atoms with E-state index in [1.165, 1.54) is 18.2 Å². The monoisotopic (exact) mass is 423 g/mol. The Bertz CT molecular complexity index is 1160. The van der Waals surface area contributed by atoms with Gasteiger partial charge in [-0.25, -0.2) is 8.78 Å². The van der Waals surface area contributed by atoms with Gasteiger partial charge in [0, 0.05) is 36.0 Å². The van der Waals surface area contributed by atoms with E-state index < -0.39 is 11.6 Å². The number of pyridine rings is 1. The van der Waals surface area contributed by atoms with Crippen LogP contribution in [0.5, 0.6) is 0 Å². The van der Waals surface area contributed by atoms with Crippen LogP contribution in [-0.2, 0) is 0 Å². The molecule has 2 heterocycles. The van der Waals surface area contributed by atoms with Crippen LogP contribution in [-0.4, -0.2) is 15.2 Å². The molecule has 31 heavy (non-hydrogen) atoms. The average molecular weight is 423 g/mol. The fourth-order valence-electron chi connectivity index (χ4n) is 3.94. The van der Waals surface area contributed by atoms with Crippen molar-refractivity contribution in [3.8, 4) is 11.5 Å². The largest absolute Gasteiger partial charge is 0.421 e. The van der Waals surface area contributed by atoms with E-state index in [0.29, 0.717) is 17.5 Å². The number of hydrogen-bond acceptors (Lipinski definition) is 6. The lowest BCUT2D eigenvalue weighted by molar-refractivity contribution is 0.497. The van der Waals surface area contributed by atoms with Gasteiger partial charge in [-0.05, 0) is 54.7 Å². The van der Waals surface area contributed by atoms with Crippen LogP contribution in [0, 0.1) is 24.5 Å². The summed E-state index contributed by atoms with van der Waals surface area (Å²) in [6.07, 6.45) is 4.88. The first kappa shape index (κ1) is 20.7. The van der Waals surface area contributed by atoms with Gasteiger partial charge in [0.2, 0.25) is 11.8 Å². The number of nitrogens with zero attached hydrogens (tertiary/aromatic N) is 3. The molecule has 6 nitrogen and oxygen atoms in total. The van der Waals surface area contributed by atoms with E-state index in [1.807, 2.05) is 13.0 Å². The molecule has 2 unspecified atom stereocenters. The number of aryl methyl sites for hydroxylation is 1. The van der Waals surface area contributed by atoms with Crippen molar-refractivity contribution >= 4 is 5.70 Å². The Balaban J connectivity index is 1.73. The molecule has 0 aliphatic heterocycles. The molecule has 0 saturated heterocycles. The number of rotatable bonds is 4. The quantitative estimate of drug-likeness (QED) is 0.643. The van der Waals surface area contributed by atoms with E-state index in [9.17, 15) is 8.78 Å². The molecule has 0 amide bonds. The first-order valence-corrected chi connectivity index (χ1v) is 10.0.